The summed E-state index contributed by atoms with van der Waals surface area (Å²) < 4.78 is 7.95. The third-order valence-electron chi connectivity index (χ3n) is 3.62. The quantitative estimate of drug-likeness (QED) is 0.898. The van der Waals surface area contributed by atoms with Crippen LogP contribution in [0.4, 0.5) is 0 Å². The Hall–Kier alpha value is -1.72. The number of nitrogens with one attached hydrogen (secondary N) is 1. The highest BCUT2D eigenvalue weighted by atomic mass is 16.5. The van der Waals surface area contributed by atoms with Crippen LogP contribution in [-0.2, 0) is 11.2 Å². The molecule has 2 aromatic rings. The van der Waals surface area contributed by atoms with Gasteiger partial charge in [0, 0.05) is 12.1 Å². The van der Waals surface area contributed by atoms with Gasteiger partial charge in [0.05, 0.1) is 12.7 Å². The topological polar surface area (TPSA) is 52.0 Å². The predicted octanol–water partition coefficient (Wildman–Crippen LogP) is 1.58. The van der Waals surface area contributed by atoms with Crippen LogP contribution in [0, 0.1) is 0 Å². The molecule has 0 atom stereocenters. The molecule has 20 heavy (non-hydrogen) atoms. The second-order valence-corrected chi connectivity index (χ2v) is 5.02. The molecule has 1 N–H and O–H groups in total. The van der Waals surface area contributed by atoms with E-state index in [1.165, 1.54) is 0 Å². The zero-order valence-electron chi connectivity index (χ0n) is 11.5. The molecule has 0 aliphatic carbocycles. The Morgan fingerprint density at radius 1 is 1.20 bits per heavy atom. The molecule has 0 bridgehead atoms. The molecule has 1 aromatic heterocycles. The fourth-order valence-corrected chi connectivity index (χ4v) is 2.51. The zero-order valence-corrected chi connectivity index (χ0v) is 11.5. The summed E-state index contributed by atoms with van der Waals surface area (Å²) >= 11 is 0. The van der Waals surface area contributed by atoms with Gasteiger partial charge in [-0.1, -0.05) is 18.2 Å². The standard InChI is InChI=1S/C15H20N4O/c1-2-4-13(5-3-1)19-12-17-18-15(19)8-11-20-14-6-9-16-10-7-14/h1-5,12,14,16H,6-11H2. The highest BCUT2D eigenvalue weighted by Gasteiger charge is 2.13. The van der Waals surface area contributed by atoms with Crippen LogP contribution in [-0.4, -0.2) is 40.6 Å². The molecule has 1 aromatic carbocycles. The summed E-state index contributed by atoms with van der Waals surface area (Å²) in [7, 11) is 0. The lowest BCUT2D eigenvalue weighted by Crippen LogP contribution is -2.32. The molecule has 0 spiro atoms. The molecule has 0 radical (unpaired) electrons. The average Bonchev–Trinajstić information content (AvgIpc) is 2.98. The van der Waals surface area contributed by atoms with Crippen molar-refractivity contribution in [3.63, 3.8) is 0 Å². The van der Waals surface area contributed by atoms with Gasteiger partial charge >= 0.3 is 0 Å². The second kappa shape index (κ2) is 6.63. The molecule has 2 heterocycles. The number of hydrogen-bond donors (Lipinski definition) is 1. The van der Waals surface area contributed by atoms with Gasteiger partial charge in [-0.3, -0.25) is 4.57 Å². The van der Waals surface area contributed by atoms with E-state index in [2.05, 4.69) is 27.6 Å². The van der Waals surface area contributed by atoms with E-state index < -0.39 is 0 Å². The lowest BCUT2D eigenvalue weighted by molar-refractivity contribution is 0.0341. The Balaban J connectivity index is 1.57. The van der Waals surface area contributed by atoms with Crippen molar-refractivity contribution in [2.75, 3.05) is 19.7 Å². The fraction of sp³-hybridized carbons (Fsp3) is 0.467. The highest BCUT2D eigenvalue weighted by Crippen LogP contribution is 2.11. The normalized spacial score (nSPS) is 16.4. The number of hydrogen-bond acceptors (Lipinski definition) is 4. The van der Waals surface area contributed by atoms with Crippen molar-refractivity contribution in [3.8, 4) is 5.69 Å². The lowest BCUT2D eigenvalue weighted by Gasteiger charge is -2.22. The van der Waals surface area contributed by atoms with Crippen LogP contribution in [0.15, 0.2) is 36.7 Å². The van der Waals surface area contributed by atoms with E-state index in [9.17, 15) is 0 Å². The van der Waals surface area contributed by atoms with Gasteiger partial charge in [0.2, 0.25) is 0 Å². The predicted molar refractivity (Wildman–Crippen MR) is 76.9 cm³/mol. The van der Waals surface area contributed by atoms with Crippen molar-refractivity contribution in [1.29, 1.82) is 0 Å². The molecule has 5 nitrogen and oxygen atoms in total. The molecular weight excluding hydrogens is 252 g/mol. The first-order valence-corrected chi connectivity index (χ1v) is 7.20. The lowest BCUT2D eigenvalue weighted by atomic mass is 10.1. The minimum Gasteiger partial charge on any atom is -0.378 e. The van der Waals surface area contributed by atoms with Gasteiger partial charge in [-0.2, -0.15) is 0 Å². The number of nitrogens with zero attached hydrogens (tertiary/aromatic N) is 3. The van der Waals surface area contributed by atoms with E-state index >= 15 is 0 Å². The fourth-order valence-electron chi connectivity index (χ4n) is 2.51. The summed E-state index contributed by atoms with van der Waals surface area (Å²) in [6.45, 7) is 2.83. The first kappa shape index (κ1) is 13.3. The second-order valence-electron chi connectivity index (χ2n) is 5.02. The maximum atomic E-state index is 5.93. The van der Waals surface area contributed by atoms with Gasteiger partial charge in [0.1, 0.15) is 12.2 Å². The van der Waals surface area contributed by atoms with E-state index in [1.54, 1.807) is 6.33 Å². The minimum atomic E-state index is 0.393. The van der Waals surface area contributed by atoms with Crippen molar-refractivity contribution in [3.05, 3.63) is 42.5 Å². The van der Waals surface area contributed by atoms with Crippen LogP contribution in [0.3, 0.4) is 0 Å². The van der Waals surface area contributed by atoms with Gasteiger partial charge in [-0.05, 0) is 38.1 Å². The maximum Gasteiger partial charge on any atom is 0.139 e. The van der Waals surface area contributed by atoms with Crippen molar-refractivity contribution < 1.29 is 4.74 Å². The molecule has 0 unspecified atom stereocenters. The number of ether oxygens (including phenoxy) is 1. The number of rotatable bonds is 5. The molecule has 0 saturated carbocycles. The van der Waals surface area contributed by atoms with Crippen molar-refractivity contribution in [1.82, 2.24) is 20.1 Å². The zero-order chi connectivity index (χ0) is 13.6. The molecule has 1 saturated heterocycles. The van der Waals surface area contributed by atoms with Crippen LogP contribution in [0.25, 0.3) is 5.69 Å². The SMILES string of the molecule is c1ccc(-n2cnnc2CCOC2CCNCC2)cc1. The molecule has 0 amide bonds. The molecular formula is C15H20N4O. The van der Waals surface area contributed by atoms with Crippen molar-refractivity contribution >= 4 is 0 Å². The van der Waals surface area contributed by atoms with Crippen LogP contribution in [0.1, 0.15) is 18.7 Å². The maximum absolute atomic E-state index is 5.93. The Morgan fingerprint density at radius 3 is 2.80 bits per heavy atom. The monoisotopic (exact) mass is 272 g/mol. The Morgan fingerprint density at radius 2 is 2.00 bits per heavy atom. The Labute approximate surface area is 119 Å². The highest BCUT2D eigenvalue weighted by molar-refractivity contribution is 5.31. The summed E-state index contributed by atoms with van der Waals surface area (Å²) in [5.41, 5.74) is 1.09. The van der Waals surface area contributed by atoms with Crippen LogP contribution in [0.5, 0.6) is 0 Å². The molecule has 5 heteroatoms. The number of para-hydroxylation sites is 1. The van der Waals surface area contributed by atoms with E-state index in [1.807, 2.05) is 22.8 Å². The summed E-state index contributed by atoms with van der Waals surface area (Å²) in [6.07, 6.45) is 5.15. The Kier molecular flexibility index (Phi) is 4.40. The van der Waals surface area contributed by atoms with Crippen molar-refractivity contribution in [2.24, 2.45) is 0 Å². The van der Waals surface area contributed by atoms with Gasteiger partial charge in [0.15, 0.2) is 0 Å². The summed E-state index contributed by atoms with van der Waals surface area (Å²) in [6, 6.07) is 10.2. The third-order valence-corrected chi connectivity index (χ3v) is 3.62. The molecule has 1 fully saturated rings. The molecule has 1 aliphatic rings. The number of piperidine rings is 1. The van der Waals surface area contributed by atoms with E-state index in [0.29, 0.717) is 12.7 Å². The van der Waals surface area contributed by atoms with E-state index in [0.717, 1.165) is 43.9 Å². The van der Waals surface area contributed by atoms with Crippen LogP contribution >= 0.6 is 0 Å². The smallest absolute Gasteiger partial charge is 0.139 e. The minimum absolute atomic E-state index is 0.393. The third kappa shape index (κ3) is 3.23. The van der Waals surface area contributed by atoms with Crippen LogP contribution in [0.2, 0.25) is 0 Å². The van der Waals surface area contributed by atoms with Crippen LogP contribution < -0.4 is 5.32 Å². The van der Waals surface area contributed by atoms with E-state index in [4.69, 9.17) is 4.74 Å². The number of aromatic nitrogens is 3. The summed E-state index contributed by atoms with van der Waals surface area (Å²) in [5, 5.41) is 11.6. The van der Waals surface area contributed by atoms with E-state index in [-0.39, 0.29) is 0 Å². The van der Waals surface area contributed by atoms with Crippen molar-refractivity contribution in [2.45, 2.75) is 25.4 Å². The van der Waals surface area contributed by atoms with Gasteiger partial charge in [-0.15, -0.1) is 10.2 Å². The average molecular weight is 272 g/mol. The largest absolute Gasteiger partial charge is 0.378 e. The first-order valence-electron chi connectivity index (χ1n) is 7.20. The molecule has 1 aliphatic heterocycles. The molecule has 3 rings (SSSR count). The van der Waals surface area contributed by atoms with Gasteiger partial charge < -0.3 is 10.1 Å². The first-order chi connectivity index (χ1) is 9.93. The van der Waals surface area contributed by atoms with Gasteiger partial charge in [0.25, 0.3) is 0 Å². The summed E-state index contributed by atoms with van der Waals surface area (Å²) in [5.74, 6) is 0.949. The molecule has 106 valence electrons. The summed E-state index contributed by atoms with van der Waals surface area (Å²) in [4.78, 5) is 0. The van der Waals surface area contributed by atoms with Gasteiger partial charge in [-0.25, -0.2) is 0 Å². The number of benzene rings is 1. The Bertz CT molecular complexity index is 520.